The molecule has 3 N–H and O–H groups in total. The molecule has 0 radical (unpaired) electrons. The number of halogens is 3. The van der Waals surface area contributed by atoms with Gasteiger partial charge >= 0.3 is 6.09 Å². The van der Waals surface area contributed by atoms with Crippen molar-refractivity contribution in [3.8, 4) is 0 Å². The molecule has 0 bridgehead atoms. The average Bonchev–Trinajstić information content (AvgIpc) is 2.74. The summed E-state index contributed by atoms with van der Waals surface area (Å²) in [5, 5.41) is 0.879. The van der Waals surface area contributed by atoms with Crippen LogP contribution >= 0.6 is 23.4 Å². The summed E-state index contributed by atoms with van der Waals surface area (Å²) in [4.78, 5) is 12.6. The summed E-state index contributed by atoms with van der Waals surface area (Å²) in [6.45, 7) is -0.309. The zero-order chi connectivity index (χ0) is 22.3. The van der Waals surface area contributed by atoms with E-state index >= 15 is 4.39 Å². The second-order valence-corrected chi connectivity index (χ2v) is 8.70. The van der Waals surface area contributed by atoms with Crippen molar-refractivity contribution in [2.24, 2.45) is 0 Å². The van der Waals surface area contributed by atoms with Gasteiger partial charge in [-0.15, -0.1) is 0 Å². The quantitative estimate of drug-likeness (QED) is 0.319. The fourth-order valence-corrected chi connectivity index (χ4v) is 4.14. The van der Waals surface area contributed by atoms with Gasteiger partial charge in [-0.2, -0.15) is 0 Å². The molecule has 3 rings (SSSR count). The fraction of sp³-hybridized carbons (Fsp3) is 0.174. The summed E-state index contributed by atoms with van der Waals surface area (Å²) in [5.74, 6) is -0.467. The third-order valence-electron chi connectivity index (χ3n) is 4.33. The van der Waals surface area contributed by atoms with Crippen molar-refractivity contribution in [1.29, 1.82) is 0 Å². The first-order chi connectivity index (χ1) is 14.8. The highest BCUT2D eigenvalue weighted by Crippen LogP contribution is 2.40. The van der Waals surface area contributed by atoms with Crippen molar-refractivity contribution >= 4 is 35.1 Å². The maximum absolute atomic E-state index is 16.0. The van der Waals surface area contributed by atoms with Gasteiger partial charge in [-0.25, -0.2) is 13.6 Å². The summed E-state index contributed by atoms with van der Waals surface area (Å²) in [6, 6.07) is 19.5. The maximum atomic E-state index is 16.0. The molecule has 0 aromatic heterocycles. The first kappa shape index (κ1) is 22.9. The van der Waals surface area contributed by atoms with Crippen molar-refractivity contribution in [3.63, 3.8) is 0 Å². The van der Waals surface area contributed by atoms with Crippen LogP contribution in [0.4, 0.5) is 19.3 Å². The van der Waals surface area contributed by atoms with Crippen LogP contribution in [0.15, 0.2) is 77.7 Å². The van der Waals surface area contributed by atoms with E-state index in [2.05, 4.69) is 5.32 Å². The zero-order valence-electron chi connectivity index (χ0n) is 16.5. The number of thioether (sulfide) groups is 1. The molecular weight excluding hydrogens is 442 g/mol. The average molecular weight is 463 g/mol. The molecule has 0 fully saturated rings. The number of alkyl carbamates (subject to hydrolysis) is 1. The highest BCUT2D eigenvalue weighted by molar-refractivity contribution is 8.00. The number of anilines is 1. The minimum Gasteiger partial charge on any atom is -0.445 e. The summed E-state index contributed by atoms with van der Waals surface area (Å²) in [7, 11) is 0. The molecule has 0 heterocycles. The van der Waals surface area contributed by atoms with Gasteiger partial charge in [0.25, 0.3) is 0 Å². The van der Waals surface area contributed by atoms with Crippen LogP contribution in [0.2, 0.25) is 5.02 Å². The Labute approximate surface area is 188 Å². The largest absolute Gasteiger partial charge is 0.445 e. The van der Waals surface area contributed by atoms with Gasteiger partial charge in [-0.3, -0.25) is 0 Å². The lowest BCUT2D eigenvalue weighted by molar-refractivity contribution is 0.134. The van der Waals surface area contributed by atoms with E-state index < -0.39 is 16.9 Å². The van der Waals surface area contributed by atoms with Gasteiger partial charge in [0.1, 0.15) is 12.4 Å². The SMILES string of the molecule is Nc1cc(Cl)ccc1SC(F)(CNC(=O)OCc1ccccc1)Cc1cccc(F)c1. The molecule has 162 valence electrons. The van der Waals surface area contributed by atoms with Crippen LogP contribution in [-0.2, 0) is 17.8 Å². The van der Waals surface area contributed by atoms with Crippen molar-refractivity contribution < 1.29 is 18.3 Å². The number of ether oxygens (including phenoxy) is 1. The number of hydrogen-bond acceptors (Lipinski definition) is 4. The first-order valence-corrected chi connectivity index (χ1v) is 10.6. The van der Waals surface area contributed by atoms with Crippen LogP contribution in [0.25, 0.3) is 0 Å². The van der Waals surface area contributed by atoms with E-state index in [1.807, 2.05) is 30.3 Å². The van der Waals surface area contributed by atoms with E-state index in [0.717, 1.165) is 17.3 Å². The molecule has 0 aliphatic carbocycles. The zero-order valence-corrected chi connectivity index (χ0v) is 18.1. The molecule has 1 unspecified atom stereocenters. The van der Waals surface area contributed by atoms with Gasteiger partial charge in [0.05, 0.1) is 6.54 Å². The lowest BCUT2D eigenvalue weighted by Crippen LogP contribution is -2.39. The van der Waals surface area contributed by atoms with Crippen molar-refractivity contribution in [1.82, 2.24) is 5.32 Å². The monoisotopic (exact) mass is 462 g/mol. The highest BCUT2D eigenvalue weighted by atomic mass is 35.5. The van der Waals surface area contributed by atoms with Crippen LogP contribution < -0.4 is 11.1 Å². The number of benzene rings is 3. The number of nitrogen functional groups attached to an aromatic ring is 1. The van der Waals surface area contributed by atoms with Gasteiger partial charge in [-0.05, 0) is 41.5 Å². The number of hydrogen-bond donors (Lipinski definition) is 2. The third kappa shape index (κ3) is 7.15. The van der Waals surface area contributed by atoms with Crippen LogP contribution in [-0.4, -0.2) is 17.6 Å². The molecule has 3 aromatic carbocycles. The Morgan fingerprint density at radius 1 is 1.06 bits per heavy atom. The van der Waals surface area contributed by atoms with Crippen LogP contribution in [0.3, 0.4) is 0 Å². The Kier molecular flexibility index (Phi) is 7.76. The number of nitrogens with one attached hydrogen (secondary N) is 1. The number of carbonyl (C=O) groups is 1. The smallest absolute Gasteiger partial charge is 0.407 e. The topological polar surface area (TPSA) is 64.3 Å². The number of rotatable bonds is 8. The van der Waals surface area contributed by atoms with Gasteiger partial charge in [0, 0.05) is 22.0 Å². The van der Waals surface area contributed by atoms with E-state index in [1.165, 1.54) is 24.3 Å². The van der Waals surface area contributed by atoms with Gasteiger partial charge < -0.3 is 15.8 Å². The molecule has 8 heteroatoms. The van der Waals surface area contributed by atoms with E-state index in [4.69, 9.17) is 22.1 Å². The second-order valence-electron chi connectivity index (χ2n) is 6.89. The van der Waals surface area contributed by atoms with Crippen LogP contribution in [0.1, 0.15) is 11.1 Å². The standard InChI is InChI=1S/C23H21ClF2N2O2S/c24-18-9-10-21(20(27)12-18)31-23(26,13-17-7-4-8-19(25)11-17)15-28-22(29)30-14-16-5-2-1-3-6-16/h1-12H,13-15,27H2,(H,28,29). The van der Waals surface area contributed by atoms with Gasteiger partial charge in [-0.1, -0.05) is 65.8 Å². The molecule has 1 atom stereocenters. The van der Waals surface area contributed by atoms with Crippen molar-refractivity contribution in [2.45, 2.75) is 22.9 Å². The predicted octanol–water partition coefficient (Wildman–Crippen LogP) is 5.99. The minimum absolute atomic E-state index is 0.0626. The lowest BCUT2D eigenvalue weighted by Gasteiger charge is -2.26. The Hall–Kier alpha value is -2.77. The molecule has 31 heavy (non-hydrogen) atoms. The van der Waals surface area contributed by atoms with Crippen LogP contribution in [0.5, 0.6) is 0 Å². The molecule has 0 saturated carbocycles. The molecule has 0 saturated heterocycles. The molecule has 0 spiro atoms. The normalized spacial score (nSPS) is 12.7. The molecule has 0 aliphatic heterocycles. The number of amides is 1. The molecular formula is C23H21ClF2N2O2S. The summed E-state index contributed by atoms with van der Waals surface area (Å²) < 4.78 is 34.7. The Morgan fingerprint density at radius 2 is 1.81 bits per heavy atom. The van der Waals surface area contributed by atoms with Gasteiger partial charge in [0.2, 0.25) is 0 Å². The van der Waals surface area contributed by atoms with E-state index in [0.29, 0.717) is 21.2 Å². The van der Waals surface area contributed by atoms with Crippen molar-refractivity contribution in [3.05, 3.63) is 94.8 Å². The summed E-state index contributed by atoms with van der Waals surface area (Å²) in [6.07, 6.45) is -0.911. The van der Waals surface area contributed by atoms with Crippen LogP contribution in [0, 0.1) is 5.82 Å². The number of carbonyl (C=O) groups excluding carboxylic acids is 1. The van der Waals surface area contributed by atoms with E-state index in [9.17, 15) is 9.18 Å². The first-order valence-electron chi connectivity index (χ1n) is 9.45. The predicted molar refractivity (Wildman–Crippen MR) is 120 cm³/mol. The summed E-state index contributed by atoms with van der Waals surface area (Å²) >= 11 is 6.77. The number of alkyl halides is 1. The summed E-state index contributed by atoms with van der Waals surface area (Å²) in [5.41, 5.74) is 7.54. The minimum atomic E-state index is -2.01. The van der Waals surface area contributed by atoms with Gasteiger partial charge in [0.15, 0.2) is 5.00 Å². The third-order valence-corrected chi connectivity index (χ3v) is 5.81. The van der Waals surface area contributed by atoms with E-state index in [1.54, 1.807) is 18.2 Å². The molecule has 1 amide bonds. The Balaban J connectivity index is 1.70. The lowest BCUT2D eigenvalue weighted by atomic mass is 10.1. The highest BCUT2D eigenvalue weighted by Gasteiger charge is 2.33. The molecule has 4 nitrogen and oxygen atoms in total. The molecule has 3 aromatic rings. The second kappa shape index (κ2) is 10.5. The molecule has 0 aliphatic rings. The van der Waals surface area contributed by atoms with E-state index in [-0.39, 0.29) is 19.6 Å². The fourth-order valence-electron chi connectivity index (χ4n) is 2.87. The Morgan fingerprint density at radius 3 is 2.52 bits per heavy atom. The maximum Gasteiger partial charge on any atom is 0.407 e. The van der Waals surface area contributed by atoms with Crippen molar-refractivity contribution in [2.75, 3.05) is 12.3 Å². The Bertz CT molecular complexity index is 1040. The number of nitrogens with two attached hydrogens (primary N) is 1.